The van der Waals surface area contributed by atoms with Gasteiger partial charge in [-0.1, -0.05) is 0 Å². The number of ether oxygens (including phenoxy) is 1. The Bertz CT molecular complexity index is 777. The molecular formula is C17H24N2O6S. The van der Waals surface area contributed by atoms with E-state index < -0.39 is 21.9 Å². The number of methoxy groups -OCH3 is 1. The molecular weight excluding hydrogens is 360 g/mol. The summed E-state index contributed by atoms with van der Waals surface area (Å²) in [5, 5.41) is 11.9. The Morgan fingerprint density at radius 1 is 1.35 bits per heavy atom. The summed E-state index contributed by atoms with van der Waals surface area (Å²) in [6, 6.07) is 4.51. The number of nitrogens with zero attached hydrogens (tertiary/aromatic N) is 1. The van der Waals surface area contributed by atoms with Crippen molar-refractivity contribution < 1.29 is 27.9 Å². The van der Waals surface area contributed by atoms with E-state index in [-0.39, 0.29) is 30.4 Å². The first-order chi connectivity index (χ1) is 12.3. The first-order valence-corrected chi connectivity index (χ1v) is 10.0. The molecule has 1 aromatic carbocycles. The van der Waals surface area contributed by atoms with Crippen LogP contribution in [0.2, 0.25) is 0 Å². The normalized spacial score (nSPS) is 18.5. The zero-order valence-electron chi connectivity index (χ0n) is 14.9. The van der Waals surface area contributed by atoms with Crippen molar-refractivity contribution in [2.24, 2.45) is 5.92 Å². The van der Waals surface area contributed by atoms with Crippen LogP contribution >= 0.6 is 0 Å². The van der Waals surface area contributed by atoms with E-state index in [2.05, 4.69) is 5.32 Å². The molecule has 144 valence electrons. The van der Waals surface area contributed by atoms with Crippen molar-refractivity contribution in [2.75, 3.05) is 31.3 Å². The fourth-order valence-electron chi connectivity index (χ4n) is 2.97. The number of anilines is 1. The summed E-state index contributed by atoms with van der Waals surface area (Å²) in [6.07, 6.45) is 1.20. The molecule has 26 heavy (non-hydrogen) atoms. The number of aromatic carboxylic acids is 1. The van der Waals surface area contributed by atoms with Crippen LogP contribution in [0.25, 0.3) is 0 Å². The fourth-order valence-corrected chi connectivity index (χ4v) is 4.15. The SMILES string of the molecule is CCS(=O)(=O)N1CCCC(C(=O)Nc2cc(COC)cc(C(=O)O)c2)C1. The Morgan fingerprint density at radius 3 is 2.69 bits per heavy atom. The summed E-state index contributed by atoms with van der Waals surface area (Å²) >= 11 is 0. The molecule has 1 aliphatic heterocycles. The molecule has 0 radical (unpaired) electrons. The summed E-state index contributed by atoms with van der Waals surface area (Å²) < 4.78 is 30.4. The van der Waals surface area contributed by atoms with Crippen molar-refractivity contribution in [3.8, 4) is 0 Å². The van der Waals surface area contributed by atoms with E-state index in [0.29, 0.717) is 30.6 Å². The van der Waals surface area contributed by atoms with Crippen LogP contribution in [-0.2, 0) is 26.2 Å². The molecule has 1 amide bonds. The molecule has 0 saturated carbocycles. The van der Waals surface area contributed by atoms with E-state index in [0.717, 1.165) is 0 Å². The van der Waals surface area contributed by atoms with E-state index in [1.165, 1.54) is 23.5 Å². The summed E-state index contributed by atoms with van der Waals surface area (Å²) in [6.45, 7) is 2.36. The third-order valence-electron chi connectivity index (χ3n) is 4.33. The second kappa shape index (κ2) is 8.61. The van der Waals surface area contributed by atoms with Crippen LogP contribution in [0.1, 0.15) is 35.7 Å². The quantitative estimate of drug-likeness (QED) is 0.737. The average Bonchev–Trinajstić information content (AvgIpc) is 2.61. The average molecular weight is 384 g/mol. The highest BCUT2D eigenvalue weighted by molar-refractivity contribution is 7.89. The molecule has 1 atom stereocenters. The minimum absolute atomic E-state index is 0.00235. The first-order valence-electron chi connectivity index (χ1n) is 8.41. The second-order valence-electron chi connectivity index (χ2n) is 6.24. The third-order valence-corrected chi connectivity index (χ3v) is 6.18. The van der Waals surface area contributed by atoms with Gasteiger partial charge in [-0.2, -0.15) is 0 Å². The number of carboxylic acid groups (broad SMARTS) is 1. The summed E-state index contributed by atoms with van der Waals surface area (Å²) in [5.41, 5.74) is 1.03. The van der Waals surface area contributed by atoms with Crippen molar-refractivity contribution in [1.29, 1.82) is 0 Å². The molecule has 1 unspecified atom stereocenters. The summed E-state index contributed by atoms with van der Waals surface area (Å²) in [5.74, 6) is -1.88. The Morgan fingerprint density at radius 2 is 2.08 bits per heavy atom. The van der Waals surface area contributed by atoms with E-state index >= 15 is 0 Å². The van der Waals surface area contributed by atoms with Crippen LogP contribution < -0.4 is 5.32 Å². The highest BCUT2D eigenvalue weighted by atomic mass is 32.2. The highest BCUT2D eigenvalue weighted by Gasteiger charge is 2.31. The van der Waals surface area contributed by atoms with Gasteiger partial charge in [-0.25, -0.2) is 17.5 Å². The first kappa shape index (κ1) is 20.3. The Hall–Kier alpha value is -1.97. The molecule has 0 aromatic heterocycles. The number of amides is 1. The molecule has 0 spiro atoms. The van der Waals surface area contributed by atoms with Gasteiger partial charge in [-0.05, 0) is 43.5 Å². The van der Waals surface area contributed by atoms with E-state index in [1.807, 2.05) is 0 Å². The molecule has 1 aliphatic rings. The van der Waals surface area contributed by atoms with Crippen LogP contribution in [0.3, 0.4) is 0 Å². The minimum atomic E-state index is -3.33. The standard InChI is InChI=1S/C17H24N2O6S/c1-3-26(23,24)19-6-4-5-13(10-19)16(20)18-15-8-12(11-25-2)7-14(9-15)17(21)22/h7-9,13H,3-6,10-11H2,1-2H3,(H,18,20)(H,21,22). The predicted octanol–water partition coefficient (Wildman–Crippen LogP) is 1.53. The number of hydrogen-bond donors (Lipinski definition) is 2. The van der Waals surface area contributed by atoms with Crippen molar-refractivity contribution >= 4 is 27.6 Å². The summed E-state index contributed by atoms with van der Waals surface area (Å²) in [4.78, 5) is 23.8. The Labute approximate surface area is 153 Å². The smallest absolute Gasteiger partial charge is 0.335 e. The van der Waals surface area contributed by atoms with Crippen LogP contribution in [0.5, 0.6) is 0 Å². The van der Waals surface area contributed by atoms with Crippen LogP contribution in [-0.4, -0.2) is 55.7 Å². The molecule has 1 heterocycles. The maximum absolute atomic E-state index is 12.6. The zero-order valence-corrected chi connectivity index (χ0v) is 15.7. The predicted molar refractivity (Wildman–Crippen MR) is 96.5 cm³/mol. The summed E-state index contributed by atoms with van der Waals surface area (Å²) in [7, 11) is -1.84. The Kier molecular flexibility index (Phi) is 6.74. The van der Waals surface area contributed by atoms with E-state index in [4.69, 9.17) is 4.74 Å². The molecule has 8 nitrogen and oxygen atoms in total. The number of piperidine rings is 1. The minimum Gasteiger partial charge on any atom is -0.478 e. The third kappa shape index (κ3) is 5.03. The van der Waals surface area contributed by atoms with Crippen molar-refractivity contribution in [3.63, 3.8) is 0 Å². The lowest BCUT2D eigenvalue weighted by atomic mass is 9.98. The maximum Gasteiger partial charge on any atom is 0.335 e. The van der Waals surface area contributed by atoms with Gasteiger partial charge in [0, 0.05) is 25.9 Å². The van der Waals surface area contributed by atoms with Gasteiger partial charge in [-0.3, -0.25) is 4.79 Å². The maximum atomic E-state index is 12.6. The number of carboxylic acids is 1. The highest BCUT2D eigenvalue weighted by Crippen LogP contribution is 2.22. The second-order valence-corrected chi connectivity index (χ2v) is 8.50. The number of sulfonamides is 1. The van der Waals surface area contributed by atoms with Crippen molar-refractivity contribution in [1.82, 2.24) is 4.31 Å². The van der Waals surface area contributed by atoms with Gasteiger partial charge < -0.3 is 15.2 Å². The van der Waals surface area contributed by atoms with Gasteiger partial charge >= 0.3 is 5.97 Å². The molecule has 0 aliphatic carbocycles. The molecule has 1 saturated heterocycles. The lowest BCUT2D eigenvalue weighted by Gasteiger charge is -2.30. The lowest BCUT2D eigenvalue weighted by Crippen LogP contribution is -2.44. The number of rotatable bonds is 7. The molecule has 2 rings (SSSR count). The molecule has 1 aromatic rings. The van der Waals surface area contributed by atoms with Crippen LogP contribution in [0.15, 0.2) is 18.2 Å². The lowest BCUT2D eigenvalue weighted by molar-refractivity contribution is -0.120. The molecule has 0 bridgehead atoms. The topological polar surface area (TPSA) is 113 Å². The van der Waals surface area contributed by atoms with Gasteiger partial charge in [0.25, 0.3) is 0 Å². The van der Waals surface area contributed by atoms with Gasteiger partial charge in [0.1, 0.15) is 0 Å². The van der Waals surface area contributed by atoms with Gasteiger partial charge in [0.05, 0.1) is 23.8 Å². The number of hydrogen-bond acceptors (Lipinski definition) is 5. The molecule has 9 heteroatoms. The number of benzene rings is 1. The number of carbonyl (C=O) groups excluding carboxylic acids is 1. The van der Waals surface area contributed by atoms with Crippen molar-refractivity contribution in [3.05, 3.63) is 29.3 Å². The largest absolute Gasteiger partial charge is 0.478 e. The molecule has 2 N–H and O–H groups in total. The van der Waals surface area contributed by atoms with E-state index in [1.54, 1.807) is 13.0 Å². The van der Waals surface area contributed by atoms with Gasteiger partial charge in [0.15, 0.2) is 0 Å². The van der Waals surface area contributed by atoms with Gasteiger partial charge in [-0.15, -0.1) is 0 Å². The number of carbonyl (C=O) groups is 2. The monoisotopic (exact) mass is 384 g/mol. The van der Waals surface area contributed by atoms with Crippen molar-refractivity contribution in [2.45, 2.75) is 26.4 Å². The number of nitrogens with one attached hydrogen (secondary N) is 1. The van der Waals surface area contributed by atoms with Crippen LogP contribution in [0, 0.1) is 5.92 Å². The van der Waals surface area contributed by atoms with Gasteiger partial charge in [0.2, 0.25) is 15.9 Å². The van der Waals surface area contributed by atoms with E-state index in [9.17, 15) is 23.1 Å². The zero-order chi connectivity index (χ0) is 19.3. The molecule has 1 fully saturated rings. The Balaban J connectivity index is 2.15. The van der Waals surface area contributed by atoms with Crippen LogP contribution in [0.4, 0.5) is 5.69 Å². The fraction of sp³-hybridized carbons (Fsp3) is 0.529.